The third kappa shape index (κ3) is 2.08. The molecule has 2 aromatic heterocycles. The molecule has 2 rings (SSSR count). The first-order chi connectivity index (χ1) is 7.77. The third-order valence-electron chi connectivity index (χ3n) is 1.82. The maximum atomic E-state index is 10.7. The summed E-state index contributed by atoms with van der Waals surface area (Å²) >= 11 is 0. The molecule has 0 saturated carbocycles. The number of nitrogens with zero attached hydrogens (tertiary/aromatic N) is 4. The number of hydrogen-bond acceptors (Lipinski definition) is 6. The van der Waals surface area contributed by atoms with Gasteiger partial charge in [-0.25, -0.2) is 4.98 Å². The van der Waals surface area contributed by atoms with E-state index in [0.717, 1.165) is 0 Å². The van der Waals surface area contributed by atoms with Crippen molar-refractivity contribution in [1.29, 1.82) is 0 Å². The highest BCUT2D eigenvalue weighted by Gasteiger charge is 2.13. The smallest absolute Gasteiger partial charge is 0.310 e. The molecule has 7 heteroatoms. The van der Waals surface area contributed by atoms with E-state index in [1.54, 1.807) is 0 Å². The largest absolute Gasteiger partial charge is 0.333 e. The SMILES string of the molecule is O=[N+]([O-])c1cnccc1Nc1cnccn1. The predicted molar refractivity (Wildman–Crippen MR) is 56.2 cm³/mol. The van der Waals surface area contributed by atoms with Crippen molar-refractivity contribution in [2.75, 3.05) is 5.32 Å². The van der Waals surface area contributed by atoms with Crippen LogP contribution in [0.2, 0.25) is 0 Å². The molecule has 7 nitrogen and oxygen atoms in total. The maximum Gasteiger partial charge on any atom is 0.310 e. The standard InChI is InChI=1S/C9H7N5O2/c15-14(16)8-5-10-2-1-7(8)13-9-6-11-3-4-12-9/h1-6H,(H,10,12,13). The monoisotopic (exact) mass is 217 g/mol. The molecule has 80 valence electrons. The zero-order chi connectivity index (χ0) is 11.4. The second-order valence-corrected chi connectivity index (χ2v) is 2.87. The van der Waals surface area contributed by atoms with Crippen molar-refractivity contribution >= 4 is 17.2 Å². The minimum Gasteiger partial charge on any atom is -0.333 e. The Morgan fingerprint density at radius 1 is 1.19 bits per heavy atom. The highest BCUT2D eigenvalue weighted by atomic mass is 16.6. The quantitative estimate of drug-likeness (QED) is 0.618. The van der Waals surface area contributed by atoms with E-state index in [1.807, 2.05) is 0 Å². The topological polar surface area (TPSA) is 93.8 Å². The minimum atomic E-state index is -0.508. The summed E-state index contributed by atoms with van der Waals surface area (Å²) in [6, 6.07) is 1.51. The second kappa shape index (κ2) is 4.30. The number of aromatic nitrogens is 3. The second-order valence-electron chi connectivity index (χ2n) is 2.87. The van der Waals surface area contributed by atoms with E-state index < -0.39 is 4.92 Å². The molecule has 0 spiro atoms. The first kappa shape index (κ1) is 9.97. The summed E-state index contributed by atoms with van der Waals surface area (Å²) in [5, 5.41) is 13.5. The van der Waals surface area contributed by atoms with E-state index in [1.165, 1.54) is 37.1 Å². The minimum absolute atomic E-state index is 0.104. The number of nitro groups is 1. The summed E-state index contributed by atoms with van der Waals surface area (Å²) in [4.78, 5) is 21.7. The summed E-state index contributed by atoms with van der Waals surface area (Å²) in [5.41, 5.74) is 0.230. The van der Waals surface area contributed by atoms with Crippen LogP contribution in [-0.4, -0.2) is 19.9 Å². The van der Waals surface area contributed by atoms with Crippen LogP contribution in [-0.2, 0) is 0 Å². The Morgan fingerprint density at radius 3 is 2.69 bits per heavy atom. The van der Waals surface area contributed by atoms with Gasteiger partial charge in [-0.1, -0.05) is 0 Å². The molecule has 16 heavy (non-hydrogen) atoms. The molecule has 0 aliphatic heterocycles. The third-order valence-corrected chi connectivity index (χ3v) is 1.82. The van der Waals surface area contributed by atoms with Crippen molar-refractivity contribution in [2.45, 2.75) is 0 Å². The van der Waals surface area contributed by atoms with Crippen LogP contribution >= 0.6 is 0 Å². The Kier molecular flexibility index (Phi) is 2.68. The lowest BCUT2D eigenvalue weighted by Crippen LogP contribution is -1.99. The average Bonchev–Trinajstić information content (AvgIpc) is 2.31. The summed E-state index contributed by atoms with van der Waals surface area (Å²) in [5.74, 6) is 0.441. The van der Waals surface area contributed by atoms with Crippen molar-refractivity contribution in [2.24, 2.45) is 0 Å². The normalized spacial score (nSPS) is 9.75. The molecule has 2 aromatic rings. The molecule has 1 N–H and O–H groups in total. The van der Waals surface area contributed by atoms with E-state index in [0.29, 0.717) is 11.5 Å². The fraction of sp³-hybridized carbons (Fsp3) is 0. The highest BCUT2D eigenvalue weighted by molar-refractivity contribution is 5.65. The summed E-state index contributed by atoms with van der Waals surface area (Å²) < 4.78 is 0. The highest BCUT2D eigenvalue weighted by Crippen LogP contribution is 2.24. The van der Waals surface area contributed by atoms with Gasteiger partial charge in [0.2, 0.25) is 0 Å². The number of nitrogens with one attached hydrogen (secondary N) is 1. The maximum absolute atomic E-state index is 10.7. The van der Waals surface area contributed by atoms with Crippen molar-refractivity contribution in [3.63, 3.8) is 0 Å². The van der Waals surface area contributed by atoms with Gasteiger partial charge < -0.3 is 5.32 Å². The first-order valence-corrected chi connectivity index (χ1v) is 4.39. The Hall–Kier alpha value is -2.57. The van der Waals surface area contributed by atoms with Crippen LogP contribution in [0.15, 0.2) is 37.1 Å². The Bertz CT molecular complexity index is 502. The van der Waals surface area contributed by atoms with E-state index in [-0.39, 0.29) is 5.69 Å². The molecule has 0 unspecified atom stereocenters. The van der Waals surface area contributed by atoms with E-state index in [4.69, 9.17) is 0 Å². The zero-order valence-electron chi connectivity index (χ0n) is 8.07. The molecular weight excluding hydrogens is 210 g/mol. The van der Waals surface area contributed by atoms with Crippen molar-refractivity contribution in [1.82, 2.24) is 15.0 Å². The lowest BCUT2D eigenvalue weighted by molar-refractivity contribution is -0.384. The van der Waals surface area contributed by atoms with Gasteiger partial charge in [0.05, 0.1) is 11.1 Å². The Balaban J connectivity index is 2.31. The van der Waals surface area contributed by atoms with Gasteiger partial charge in [0.25, 0.3) is 0 Å². The van der Waals surface area contributed by atoms with Gasteiger partial charge in [-0.15, -0.1) is 0 Å². The molecule has 0 bridgehead atoms. The fourth-order valence-electron chi connectivity index (χ4n) is 1.14. The Labute approximate surface area is 90.4 Å². The molecule has 0 aromatic carbocycles. The molecule has 0 saturated heterocycles. The number of anilines is 2. The molecule has 0 fully saturated rings. The van der Waals surface area contributed by atoms with Crippen LogP contribution in [0.25, 0.3) is 0 Å². The first-order valence-electron chi connectivity index (χ1n) is 4.39. The van der Waals surface area contributed by atoms with Crippen molar-refractivity contribution in [3.05, 3.63) is 47.2 Å². The van der Waals surface area contributed by atoms with Gasteiger partial charge in [-0.3, -0.25) is 20.1 Å². The number of hydrogen-bond donors (Lipinski definition) is 1. The van der Waals surface area contributed by atoms with Gasteiger partial charge in [-0.2, -0.15) is 0 Å². The molecule has 2 heterocycles. The van der Waals surface area contributed by atoms with E-state index in [9.17, 15) is 10.1 Å². The molecule has 0 aliphatic carbocycles. The lowest BCUT2D eigenvalue weighted by atomic mass is 10.3. The Morgan fingerprint density at radius 2 is 2.00 bits per heavy atom. The molecule has 0 radical (unpaired) electrons. The van der Waals surface area contributed by atoms with Gasteiger partial charge >= 0.3 is 5.69 Å². The van der Waals surface area contributed by atoms with Crippen LogP contribution in [0.5, 0.6) is 0 Å². The zero-order valence-corrected chi connectivity index (χ0v) is 8.07. The molecule has 0 amide bonds. The van der Waals surface area contributed by atoms with E-state index in [2.05, 4.69) is 20.3 Å². The van der Waals surface area contributed by atoms with E-state index >= 15 is 0 Å². The molecular formula is C9H7N5O2. The van der Waals surface area contributed by atoms with Crippen molar-refractivity contribution < 1.29 is 4.92 Å². The van der Waals surface area contributed by atoms with Crippen LogP contribution in [0, 0.1) is 10.1 Å². The molecule has 0 aliphatic rings. The fourth-order valence-corrected chi connectivity index (χ4v) is 1.14. The molecule has 0 atom stereocenters. The van der Waals surface area contributed by atoms with Crippen LogP contribution in [0.1, 0.15) is 0 Å². The van der Waals surface area contributed by atoms with Gasteiger partial charge in [0.15, 0.2) is 0 Å². The van der Waals surface area contributed by atoms with Crippen LogP contribution < -0.4 is 5.32 Å². The summed E-state index contributed by atoms with van der Waals surface area (Å²) in [6.45, 7) is 0. The lowest BCUT2D eigenvalue weighted by Gasteiger charge is -2.04. The summed E-state index contributed by atoms with van der Waals surface area (Å²) in [7, 11) is 0. The van der Waals surface area contributed by atoms with Gasteiger partial charge in [0.1, 0.15) is 17.7 Å². The average molecular weight is 217 g/mol. The summed E-state index contributed by atoms with van der Waals surface area (Å²) in [6.07, 6.45) is 7.13. The van der Waals surface area contributed by atoms with Crippen LogP contribution in [0.4, 0.5) is 17.2 Å². The van der Waals surface area contributed by atoms with Gasteiger partial charge in [0, 0.05) is 18.6 Å². The predicted octanol–water partition coefficient (Wildman–Crippen LogP) is 1.52. The van der Waals surface area contributed by atoms with Crippen LogP contribution in [0.3, 0.4) is 0 Å². The number of pyridine rings is 1. The number of rotatable bonds is 3. The van der Waals surface area contributed by atoms with Crippen molar-refractivity contribution in [3.8, 4) is 0 Å². The van der Waals surface area contributed by atoms with Gasteiger partial charge in [-0.05, 0) is 6.07 Å².